The molecule has 1 aromatic carbocycles. The van der Waals surface area contributed by atoms with Crippen LogP contribution in [0.4, 0.5) is 5.69 Å². The van der Waals surface area contributed by atoms with E-state index in [9.17, 15) is 0 Å². The van der Waals surface area contributed by atoms with Crippen molar-refractivity contribution < 1.29 is 0 Å². The molecule has 1 aliphatic rings. The number of hydrogen-bond acceptors (Lipinski definition) is 2. The quantitative estimate of drug-likeness (QED) is 0.568. The van der Waals surface area contributed by atoms with Gasteiger partial charge >= 0.3 is 0 Å². The van der Waals surface area contributed by atoms with Gasteiger partial charge < -0.3 is 10.6 Å². The van der Waals surface area contributed by atoms with Crippen LogP contribution in [0.1, 0.15) is 59.3 Å². The van der Waals surface area contributed by atoms with Gasteiger partial charge in [-0.05, 0) is 45.7 Å². The monoisotopic (exact) mass is 335 g/mol. The summed E-state index contributed by atoms with van der Waals surface area (Å²) in [5.41, 5.74) is 0.823. The normalized spacial score (nSPS) is 17.3. The summed E-state index contributed by atoms with van der Waals surface area (Å²) >= 11 is 6.26. The van der Waals surface area contributed by atoms with Crippen molar-refractivity contribution in [1.82, 2.24) is 5.32 Å². The van der Waals surface area contributed by atoms with Crippen molar-refractivity contribution in [1.29, 1.82) is 0 Å². The Hall–Kier alpha value is -1.06. The van der Waals surface area contributed by atoms with Crippen LogP contribution in [0.2, 0.25) is 5.02 Å². The number of halogens is 1. The van der Waals surface area contributed by atoms with E-state index >= 15 is 0 Å². The Balaban J connectivity index is 1.94. The number of anilines is 1. The summed E-state index contributed by atoms with van der Waals surface area (Å²) in [6, 6.07) is 8.51. The van der Waals surface area contributed by atoms with Crippen molar-refractivity contribution in [3.8, 4) is 0 Å². The summed E-state index contributed by atoms with van der Waals surface area (Å²) < 4.78 is 0. The molecule has 0 saturated heterocycles. The number of nitrogens with zero attached hydrogens (tertiary/aromatic N) is 1. The van der Waals surface area contributed by atoms with E-state index < -0.39 is 0 Å². The van der Waals surface area contributed by atoms with Gasteiger partial charge in [0.15, 0.2) is 0 Å². The topological polar surface area (TPSA) is 36.4 Å². The molecule has 1 saturated carbocycles. The van der Waals surface area contributed by atoms with E-state index in [0.29, 0.717) is 6.04 Å². The summed E-state index contributed by atoms with van der Waals surface area (Å²) in [7, 11) is 0. The highest BCUT2D eigenvalue weighted by Crippen LogP contribution is 2.22. The highest BCUT2D eigenvalue weighted by atomic mass is 35.5. The van der Waals surface area contributed by atoms with Crippen molar-refractivity contribution in [3.63, 3.8) is 0 Å². The highest BCUT2D eigenvalue weighted by Gasteiger charge is 2.14. The molecule has 3 nitrogen and oxygen atoms in total. The summed E-state index contributed by atoms with van der Waals surface area (Å²) in [6.45, 7) is 7.32. The van der Waals surface area contributed by atoms with Gasteiger partial charge in [-0.3, -0.25) is 4.99 Å². The second-order valence-electron chi connectivity index (χ2n) is 7.37. The molecule has 0 radical (unpaired) electrons. The van der Waals surface area contributed by atoms with E-state index in [1.54, 1.807) is 0 Å². The second-order valence-corrected chi connectivity index (χ2v) is 7.78. The average Bonchev–Trinajstić information content (AvgIpc) is 2.49. The van der Waals surface area contributed by atoms with E-state index in [2.05, 4.69) is 31.4 Å². The molecule has 0 unspecified atom stereocenters. The maximum atomic E-state index is 6.26. The molecule has 0 atom stereocenters. The van der Waals surface area contributed by atoms with Gasteiger partial charge in [0.25, 0.3) is 0 Å². The molecule has 23 heavy (non-hydrogen) atoms. The van der Waals surface area contributed by atoms with Crippen molar-refractivity contribution in [3.05, 3.63) is 29.3 Å². The molecule has 0 heterocycles. The lowest BCUT2D eigenvalue weighted by molar-refractivity contribution is 0.377. The van der Waals surface area contributed by atoms with Gasteiger partial charge in [-0.25, -0.2) is 0 Å². The van der Waals surface area contributed by atoms with Gasteiger partial charge in [-0.15, -0.1) is 0 Å². The number of amidine groups is 1. The Bertz CT molecular complexity index is 514. The maximum Gasteiger partial charge on any atom is 0.103 e. The zero-order valence-corrected chi connectivity index (χ0v) is 15.4. The van der Waals surface area contributed by atoms with Gasteiger partial charge in [0.05, 0.1) is 16.2 Å². The third kappa shape index (κ3) is 6.92. The molecule has 2 N–H and O–H groups in total. The lowest BCUT2D eigenvalue weighted by Crippen LogP contribution is -2.34. The third-order valence-electron chi connectivity index (χ3n) is 4.02. The van der Waals surface area contributed by atoms with Gasteiger partial charge in [0.1, 0.15) is 5.84 Å². The zero-order chi connectivity index (χ0) is 16.7. The number of benzene rings is 1. The summed E-state index contributed by atoms with van der Waals surface area (Å²) in [5.74, 6) is 0.994. The average molecular weight is 336 g/mol. The number of rotatable bonds is 5. The van der Waals surface area contributed by atoms with Crippen molar-refractivity contribution in [2.45, 2.75) is 70.9 Å². The first-order valence-electron chi connectivity index (χ1n) is 8.78. The smallest absolute Gasteiger partial charge is 0.103 e. The molecule has 1 aliphatic carbocycles. The molecular formula is C19H30ClN3. The van der Waals surface area contributed by atoms with Crippen LogP contribution in [0.3, 0.4) is 0 Å². The van der Waals surface area contributed by atoms with E-state index in [1.165, 1.54) is 32.1 Å². The van der Waals surface area contributed by atoms with Crippen molar-refractivity contribution in [2.75, 3.05) is 11.9 Å². The van der Waals surface area contributed by atoms with Crippen LogP contribution < -0.4 is 10.6 Å². The Kier molecular flexibility index (Phi) is 6.91. The SMILES string of the molecule is CC(C)(C)N=C(CCNC1CCCCC1)Nc1ccccc1Cl. The molecule has 128 valence electrons. The van der Waals surface area contributed by atoms with E-state index in [0.717, 1.165) is 29.5 Å². The number of nitrogens with one attached hydrogen (secondary N) is 2. The Morgan fingerprint density at radius 2 is 1.87 bits per heavy atom. The van der Waals surface area contributed by atoms with Crippen molar-refractivity contribution in [2.24, 2.45) is 4.99 Å². The summed E-state index contributed by atoms with van der Waals surface area (Å²) in [4.78, 5) is 4.83. The van der Waals surface area contributed by atoms with Crippen LogP contribution >= 0.6 is 11.6 Å². The fourth-order valence-corrected chi connectivity index (χ4v) is 3.15. The van der Waals surface area contributed by atoms with Crippen LogP contribution in [0.5, 0.6) is 0 Å². The molecule has 1 fully saturated rings. The predicted molar refractivity (Wildman–Crippen MR) is 102 cm³/mol. The number of aliphatic imine (C=N–C) groups is 1. The maximum absolute atomic E-state index is 6.26. The van der Waals surface area contributed by atoms with Gasteiger partial charge in [-0.1, -0.05) is 43.0 Å². The van der Waals surface area contributed by atoms with Gasteiger partial charge in [0.2, 0.25) is 0 Å². The first-order valence-corrected chi connectivity index (χ1v) is 9.15. The van der Waals surface area contributed by atoms with E-state index in [-0.39, 0.29) is 5.54 Å². The lowest BCUT2D eigenvalue weighted by atomic mass is 9.95. The number of para-hydroxylation sites is 1. The van der Waals surface area contributed by atoms with E-state index in [4.69, 9.17) is 16.6 Å². The first-order chi connectivity index (χ1) is 10.9. The van der Waals surface area contributed by atoms with Crippen molar-refractivity contribution >= 4 is 23.1 Å². The van der Waals surface area contributed by atoms with Crippen LogP contribution in [0.25, 0.3) is 0 Å². The molecule has 0 aromatic heterocycles. The molecule has 0 spiro atoms. The second kappa shape index (κ2) is 8.70. The summed E-state index contributed by atoms with van der Waals surface area (Å²) in [6.07, 6.45) is 7.62. The van der Waals surface area contributed by atoms with Gasteiger partial charge in [0, 0.05) is 19.0 Å². The van der Waals surface area contributed by atoms with Gasteiger partial charge in [-0.2, -0.15) is 0 Å². The Morgan fingerprint density at radius 3 is 2.52 bits per heavy atom. The van der Waals surface area contributed by atoms with Crippen LogP contribution in [-0.2, 0) is 0 Å². The lowest BCUT2D eigenvalue weighted by Gasteiger charge is -2.24. The molecule has 0 aliphatic heterocycles. The minimum atomic E-state index is -0.103. The van der Waals surface area contributed by atoms with E-state index in [1.807, 2.05) is 24.3 Å². The molecule has 0 bridgehead atoms. The summed E-state index contributed by atoms with van der Waals surface area (Å²) in [5, 5.41) is 7.83. The van der Waals surface area contributed by atoms with Crippen LogP contribution in [-0.4, -0.2) is 24.0 Å². The minimum absolute atomic E-state index is 0.103. The molecule has 0 amide bonds. The first kappa shape index (κ1) is 18.3. The van der Waals surface area contributed by atoms with Crippen LogP contribution in [0, 0.1) is 0 Å². The fraction of sp³-hybridized carbons (Fsp3) is 0.632. The standard InChI is InChI=1S/C19H30ClN3/c1-19(2,3)23-18(22-17-12-8-7-11-16(17)20)13-14-21-15-9-5-4-6-10-15/h7-8,11-12,15,21H,4-6,9-10,13-14H2,1-3H3,(H,22,23). The molecule has 4 heteroatoms. The molecule has 1 aromatic rings. The highest BCUT2D eigenvalue weighted by molar-refractivity contribution is 6.33. The Labute approximate surface area is 145 Å². The molecular weight excluding hydrogens is 306 g/mol. The minimum Gasteiger partial charge on any atom is -0.343 e. The zero-order valence-electron chi connectivity index (χ0n) is 14.7. The third-order valence-corrected chi connectivity index (χ3v) is 4.35. The molecule has 2 rings (SSSR count). The largest absolute Gasteiger partial charge is 0.343 e. The predicted octanol–water partition coefficient (Wildman–Crippen LogP) is 5.26. The number of hydrogen-bond donors (Lipinski definition) is 2. The fourth-order valence-electron chi connectivity index (χ4n) is 2.97. The van der Waals surface area contributed by atoms with Crippen LogP contribution in [0.15, 0.2) is 29.3 Å². The Morgan fingerprint density at radius 1 is 1.17 bits per heavy atom.